The third-order valence-electron chi connectivity index (χ3n) is 7.24. The van der Waals surface area contributed by atoms with Gasteiger partial charge in [0.2, 0.25) is 5.43 Å². The van der Waals surface area contributed by atoms with Crippen LogP contribution >= 0.6 is 7.60 Å². The van der Waals surface area contributed by atoms with Gasteiger partial charge in [0.1, 0.15) is 17.1 Å². The molecule has 0 fully saturated rings. The first kappa shape index (κ1) is 31.8. The Balaban J connectivity index is 1.60. The molecule has 0 bridgehead atoms. The van der Waals surface area contributed by atoms with Crippen molar-refractivity contribution in [3.05, 3.63) is 124 Å². The molecule has 2 N–H and O–H groups in total. The summed E-state index contributed by atoms with van der Waals surface area (Å²) >= 11 is 0. The van der Waals surface area contributed by atoms with Crippen LogP contribution in [0.15, 0.2) is 102 Å². The fraction of sp³-hybridized carbons (Fsp3) is 0.222. The summed E-state index contributed by atoms with van der Waals surface area (Å²) in [5.41, 5.74) is 3.19. The van der Waals surface area contributed by atoms with E-state index < -0.39 is 24.3 Å². The SMILES string of the molecule is CCOc1cccc(-c2cc(C(C)(C)C)c(OP(C)(=O)OCc3ccccc3)cc2NC(=O)c2c[nH]c3ccccc3c2=O)c1. The molecule has 0 spiro atoms. The number of benzene rings is 4. The van der Waals surface area contributed by atoms with Crippen LogP contribution in [0.3, 0.4) is 0 Å². The molecule has 1 atom stereocenters. The normalized spacial score (nSPS) is 12.8. The van der Waals surface area contributed by atoms with E-state index in [1.54, 1.807) is 24.3 Å². The van der Waals surface area contributed by atoms with Crippen molar-refractivity contribution >= 4 is 30.1 Å². The van der Waals surface area contributed by atoms with Gasteiger partial charge < -0.3 is 19.6 Å². The van der Waals surface area contributed by atoms with Gasteiger partial charge in [-0.05, 0) is 53.8 Å². The Hall–Kier alpha value is -4.65. The van der Waals surface area contributed by atoms with E-state index in [1.807, 2.05) is 94.4 Å². The van der Waals surface area contributed by atoms with Crippen LogP contribution in [0.25, 0.3) is 22.0 Å². The number of anilines is 1. The Labute approximate surface area is 262 Å². The lowest BCUT2D eigenvalue weighted by atomic mass is 9.84. The summed E-state index contributed by atoms with van der Waals surface area (Å²) < 4.78 is 31.3. The van der Waals surface area contributed by atoms with Crippen LogP contribution in [0.1, 0.15) is 49.2 Å². The van der Waals surface area contributed by atoms with Crippen molar-refractivity contribution in [1.82, 2.24) is 4.98 Å². The zero-order valence-electron chi connectivity index (χ0n) is 26.0. The Morgan fingerprint density at radius 2 is 1.67 bits per heavy atom. The summed E-state index contributed by atoms with van der Waals surface area (Å²) in [7, 11) is -3.62. The minimum Gasteiger partial charge on any atom is -0.494 e. The number of amides is 1. The van der Waals surface area contributed by atoms with Crippen molar-refractivity contribution in [2.24, 2.45) is 0 Å². The predicted octanol–water partition coefficient (Wildman–Crippen LogP) is 8.56. The first-order chi connectivity index (χ1) is 21.4. The number of para-hydroxylation sites is 1. The number of pyridine rings is 1. The molecule has 4 aromatic carbocycles. The molecule has 5 rings (SSSR count). The smallest absolute Gasteiger partial charge is 0.376 e. The molecule has 232 valence electrons. The standard InChI is InChI=1S/C36H37N2O6P/c1-6-42-26-16-12-15-25(19-26)28-20-30(36(2,3)4)33(44-45(5,41)43-23-24-13-8-7-9-14-24)21-32(28)38-35(40)29-22-37-31-18-11-10-17-27(31)34(29)39/h7-22H,6,23H2,1-5H3,(H,37,39)(H,38,40). The van der Waals surface area contributed by atoms with Crippen molar-refractivity contribution in [1.29, 1.82) is 0 Å². The van der Waals surface area contributed by atoms with Gasteiger partial charge in [0, 0.05) is 41.0 Å². The average molecular weight is 625 g/mol. The molecular formula is C36H37N2O6P. The van der Waals surface area contributed by atoms with E-state index in [1.165, 1.54) is 12.9 Å². The van der Waals surface area contributed by atoms with Crippen molar-refractivity contribution in [2.45, 2.75) is 39.7 Å². The summed E-state index contributed by atoms with van der Waals surface area (Å²) in [5, 5.41) is 3.34. The number of rotatable bonds is 10. The molecule has 0 radical (unpaired) electrons. The van der Waals surface area contributed by atoms with Gasteiger partial charge in [0.25, 0.3) is 5.91 Å². The van der Waals surface area contributed by atoms with E-state index in [-0.39, 0.29) is 12.2 Å². The molecule has 8 nitrogen and oxygen atoms in total. The molecule has 0 saturated carbocycles. The van der Waals surface area contributed by atoms with Crippen molar-refractivity contribution < 1.29 is 23.1 Å². The summed E-state index contributed by atoms with van der Waals surface area (Å²) in [6, 6.07) is 27.5. The van der Waals surface area contributed by atoms with Crippen LogP contribution in [0.2, 0.25) is 0 Å². The Kier molecular flexibility index (Phi) is 9.28. The van der Waals surface area contributed by atoms with Crippen LogP contribution in [0, 0.1) is 0 Å². The first-order valence-electron chi connectivity index (χ1n) is 14.7. The van der Waals surface area contributed by atoms with Gasteiger partial charge in [-0.15, -0.1) is 0 Å². The van der Waals surface area contributed by atoms with Crippen LogP contribution in [0.5, 0.6) is 11.5 Å². The monoisotopic (exact) mass is 624 g/mol. The second-order valence-electron chi connectivity index (χ2n) is 11.8. The van der Waals surface area contributed by atoms with Gasteiger partial charge in [-0.25, -0.2) is 4.57 Å². The van der Waals surface area contributed by atoms with Crippen LogP contribution in [-0.2, 0) is 21.1 Å². The maximum absolute atomic E-state index is 13.7. The highest BCUT2D eigenvalue weighted by Crippen LogP contribution is 2.50. The van der Waals surface area contributed by atoms with Crippen LogP contribution in [-0.4, -0.2) is 24.2 Å². The topological polar surface area (TPSA) is 107 Å². The van der Waals surface area contributed by atoms with Crippen LogP contribution in [0.4, 0.5) is 5.69 Å². The lowest BCUT2D eigenvalue weighted by Gasteiger charge is -2.27. The number of aromatic nitrogens is 1. The molecule has 45 heavy (non-hydrogen) atoms. The molecule has 9 heteroatoms. The van der Waals surface area contributed by atoms with Crippen molar-refractivity contribution in [3.63, 3.8) is 0 Å². The maximum Gasteiger partial charge on any atom is 0.376 e. The second kappa shape index (κ2) is 13.1. The highest BCUT2D eigenvalue weighted by atomic mass is 31.2. The number of hydrogen-bond acceptors (Lipinski definition) is 6. The number of nitrogens with one attached hydrogen (secondary N) is 2. The summed E-state index contributed by atoms with van der Waals surface area (Å²) in [5.74, 6) is 0.371. The number of fused-ring (bicyclic) bond motifs is 1. The van der Waals surface area contributed by atoms with Crippen molar-refractivity contribution in [2.75, 3.05) is 18.6 Å². The molecule has 1 unspecified atom stereocenters. The molecule has 0 aliphatic carbocycles. The highest BCUT2D eigenvalue weighted by Gasteiger charge is 2.28. The number of aromatic amines is 1. The maximum atomic E-state index is 13.7. The van der Waals surface area contributed by atoms with Crippen molar-refractivity contribution in [3.8, 4) is 22.6 Å². The van der Waals surface area contributed by atoms with Crippen LogP contribution < -0.4 is 20.0 Å². The zero-order valence-corrected chi connectivity index (χ0v) is 26.9. The quantitative estimate of drug-likeness (QED) is 0.151. The lowest BCUT2D eigenvalue weighted by molar-refractivity contribution is 0.102. The Bertz CT molecular complexity index is 1950. The number of H-pyrrole nitrogens is 1. The van der Waals surface area contributed by atoms with E-state index in [4.69, 9.17) is 13.8 Å². The van der Waals surface area contributed by atoms with E-state index >= 15 is 0 Å². The average Bonchev–Trinajstić information content (AvgIpc) is 3.00. The molecule has 0 aliphatic heterocycles. The van der Waals surface area contributed by atoms with Gasteiger partial charge in [-0.3, -0.25) is 14.1 Å². The summed E-state index contributed by atoms with van der Waals surface area (Å²) in [4.78, 5) is 30.0. The molecule has 0 saturated heterocycles. The van der Waals surface area contributed by atoms with Gasteiger partial charge >= 0.3 is 7.60 Å². The fourth-order valence-corrected chi connectivity index (χ4v) is 5.95. The van der Waals surface area contributed by atoms with E-state index in [0.717, 1.165) is 16.7 Å². The van der Waals surface area contributed by atoms with Gasteiger partial charge in [-0.2, -0.15) is 0 Å². The van der Waals surface area contributed by atoms with E-state index in [9.17, 15) is 14.2 Å². The minimum atomic E-state index is -3.62. The molecule has 1 heterocycles. The lowest BCUT2D eigenvalue weighted by Crippen LogP contribution is -2.22. The highest BCUT2D eigenvalue weighted by molar-refractivity contribution is 7.53. The first-order valence-corrected chi connectivity index (χ1v) is 16.7. The third kappa shape index (κ3) is 7.54. The summed E-state index contributed by atoms with van der Waals surface area (Å²) in [6.07, 6.45) is 1.41. The molecule has 5 aromatic rings. The number of hydrogen-bond donors (Lipinski definition) is 2. The third-order valence-corrected chi connectivity index (χ3v) is 8.36. The van der Waals surface area contributed by atoms with Gasteiger partial charge in [0.05, 0.1) is 18.9 Å². The molecule has 1 aromatic heterocycles. The summed E-state index contributed by atoms with van der Waals surface area (Å²) in [6.45, 7) is 10.00. The second-order valence-corrected chi connectivity index (χ2v) is 13.7. The van der Waals surface area contributed by atoms with Gasteiger partial charge in [0.15, 0.2) is 0 Å². The number of carbonyl (C=O) groups is 1. The Morgan fingerprint density at radius 1 is 0.933 bits per heavy atom. The molecular weight excluding hydrogens is 587 g/mol. The number of ether oxygens (including phenoxy) is 1. The number of carbonyl (C=O) groups excluding carboxylic acids is 1. The molecule has 0 aliphatic rings. The minimum absolute atomic E-state index is 0.0440. The predicted molar refractivity (Wildman–Crippen MR) is 180 cm³/mol. The van der Waals surface area contributed by atoms with Gasteiger partial charge in [-0.1, -0.05) is 75.4 Å². The fourth-order valence-electron chi connectivity index (χ4n) is 5.00. The zero-order chi connectivity index (χ0) is 32.2. The molecule has 1 amide bonds. The Morgan fingerprint density at radius 3 is 2.40 bits per heavy atom. The van der Waals surface area contributed by atoms with E-state index in [0.29, 0.717) is 40.3 Å². The largest absolute Gasteiger partial charge is 0.494 e. The van der Waals surface area contributed by atoms with E-state index in [2.05, 4.69) is 10.3 Å².